The summed E-state index contributed by atoms with van der Waals surface area (Å²) < 4.78 is 39.2. The van der Waals surface area contributed by atoms with Gasteiger partial charge in [0.25, 0.3) is 0 Å². The molecule has 0 bridgehead atoms. The summed E-state index contributed by atoms with van der Waals surface area (Å²) in [5.41, 5.74) is 6.43. The van der Waals surface area contributed by atoms with Gasteiger partial charge in [0.05, 0.1) is 0 Å². The van der Waals surface area contributed by atoms with Gasteiger partial charge in [0.2, 0.25) is 0 Å². The topological polar surface area (TPSA) is 26.0 Å². The SMILES string of the molecule is NC(c1cc(F)c(F)c(F)c1)C1CCCCCC1. The minimum absolute atomic E-state index is 0.233. The summed E-state index contributed by atoms with van der Waals surface area (Å²) in [6.07, 6.45) is 6.53. The number of hydrogen-bond donors (Lipinski definition) is 1. The van der Waals surface area contributed by atoms with Crippen molar-refractivity contribution in [1.82, 2.24) is 0 Å². The van der Waals surface area contributed by atoms with Crippen molar-refractivity contribution in [3.63, 3.8) is 0 Å². The van der Waals surface area contributed by atoms with E-state index in [9.17, 15) is 13.2 Å². The number of nitrogens with two attached hydrogens (primary N) is 1. The predicted octanol–water partition coefficient (Wildman–Crippen LogP) is 4.07. The lowest BCUT2D eigenvalue weighted by atomic mass is 9.88. The molecule has 0 saturated heterocycles. The Morgan fingerprint density at radius 2 is 1.44 bits per heavy atom. The Labute approximate surface area is 105 Å². The third-order valence-electron chi connectivity index (χ3n) is 3.80. The molecule has 4 heteroatoms. The van der Waals surface area contributed by atoms with E-state index in [0.717, 1.165) is 37.8 Å². The lowest BCUT2D eigenvalue weighted by Crippen LogP contribution is -2.21. The summed E-state index contributed by atoms with van der Waals surface area (Å²) in [7, 11) is 0. The summed E-state index contributed by atoms with van der Waals surface area (Å²) in [4.78, 5) is 0. The highest BCUT2D eigenvalue weighted by Gasteiger charge is 2.23. The molecule has 1 unspecified atom stereocenters. The Morgan fingerprint density at radius 1 is 0.944 bits per heavy atom. The van der Waals surface area contributed by atoms with Crippen molar-refractivity contribution in [3.8, 4) is 0 Å². The van der Waals surface area contributed by atoms with Gasteiger partial charge in [0.15, 0.2) is 17.5 Å². The Kier molecular flexibility index (Phi) is 4.27. The van der Waals surface area contributed by atoms with E-state index >= 15 is 0 Å². The number of halogens is 3. The highest BCUT2D eigenvalue weighted by molar-refractivity contribution is 5.23. The molecule has 1 aliphatic rings. The number of benzene rings is 1. The predicted molar refractivity (Wildman–Crippen MR) is 64.4 cm³/mol. The summed E-state index contributed by atoms with van der Waals surface area (Å²) >= 11 is 0. The standard InChI is InChI=1S/C14H18F3N/c15-11-7-10(8-12(16)13(11)17)14(18)9-5-3-1-2-4-6-9/h7-9,14H,1-6,18H2. The number of rotatable bonds is 2. The number of hydrogen-bond acceptors (Lipinski definition) is 1. The van der Waals surface area contributed by atoms with Crippen LogP contribution in [0, 0.1) is 23.4 Å². The first-order valence-corrected chi connectivity index (χ1v) is 6.49. The molecule has 1 aliphatic carbocycles. The molecule has 1 aromatic rings. The largest absolute Gasteiger partial charge is 0.324 e. The Morgan fingerprint density at radius 3 is 1.94 bits per heavy atom. The molecule has 0 amide bonds. The summed E-state index contributed by atoms with van der Waals surface area (Å²) in [5, 5.41) is 0. The smallest absolute Gasteiger partial charge is 0.194 e. The maximum absolute atomic E-state index is 13.2. The lowest BCUT2D eigenvalue weighted by Gasteiger charge is -2.22. The van der Waals surface area contributed by atoms with Crippen LogP contribution in [0.5, 0.6) is 0 Å². The van der Waals surface area contributed by atoms with Crippen LogP contribution in [0.4, 0.5) is 13.2 Å². The molecule has 2 N–H and O–H groups in total. The van der Waals surface area contributed by atoms with E-state index in [1.165, 1.54) is 12.8 Å². The van der Waals surface area contributed by atoms with Crippen LogP contribution < -0.4 is 5.73 Å². The van der Waals surface area contributed by atoms with Crippen molar-refractivity contribution in [2.24, 2.45) is 11.7 Å². The first kappa shape index (κ1) is 13.4. The average molecular weight is 257 g/mol. The van der Waals surface area contributed by atoms with Gasteiger partial charge in [0, 0.05) is 6.04 Å². The van der Waals surface area contributed by atoms with Crippen molar-refractivity contribution < 1.29 is 13.2 Å². The molecular weight excluding hydrogens is 239 g/mol. The van der Waals surface area contributed by atoms with E-state index in [1.54, 1.807) is 0 Å². The van der Waals surface area contributed by atoms with Gasteiger partial charge in [-0.1, -0.05) is 25.7 Å². The quantitative estimate of drug-likeness (QED) is 0.627. The first-order valence-electron chi connectivity index (χ1n) is 6.49. The molecule has 1 nitrogen and oxygen atoms in total. The zero-order valence-corrected chi connectivity index (χ0v) is 10.3. The Bertz CT molecular complexity index is 388. The molecule has 1 aromatic carbocycles. The highest BCUT2D eigenvalue weighted by Crippen LogP contribution is 2.32. The van der Waals surface area contributed by atoms with Crippen molar-refractivity contribution in [2.75, 3.05) is 0 Å². The molecule has 1 saturated carbocycles. The van der Waals surface area contributed by atoms with Gasteiger partial charge in [-0.3, -0.25) is 0 Å². The van der Waals surface area contributed by atoms with Gasteiger partial charge in [-0.15, -0.1) is 0 Å². The van der Waals surface area contributed by atoms with Crippen LogP contribution in [0.25, 0.3) is 0 Å². The van der Waals surface area contributed by atoms with Gasteiger partial charge < -0.3 is 5.73 Å². The van der Waals surface area contributed by atoms with Crippen LogP contribution in [0.15, 0.2) is 12.1 Å². The second-order valence-electron chi connectivity index (χ2n) is 5.08. The van der Waals surface area contributed by atoms with Crippen LogP contribution in [0.3, 0.4) is 0 Å². The molecule has 1 atom stereocenters. The van der Waals surface area contributed by atoms with Gasteiger partial charge in [-0.2, -0.15) is 0 Å². The first-order chi connectivity index (χ1) is 8.59. The molecule has 0 spiro atoms. The molecule has 2 rings (SSSR count). The minimum atomic E-state index is -1.42. The fourth-order valence-electron chi connectivity index (χ4n) is 2.71. The molecule has 0 heterocycles. The third kappa shape index (κ3) is 2.86. The summed E-state index contributed by atoms with van der Waals surface area (Å²) in [6, 6.07) is 1.63. The zero-order chi connectivity index (χ0) is 13.1. The van der Waals surface area contributed by atoms with Crippen molar-refractivity contribution in [3.05, 3.63) is 35.1 Å². The fourth-order valence-corrected chi connectivity index (χ4v) is 2.71. The minimum Gasteiger partial charge on any atom is -0.324 e. The maximum atomic E-state index is 13.2. The van der Waals surface area contributed by atoms with Crippen LogP contribution in [-0.2, 0) is 0 Å². The zero-order valence-electron chi connectivity index (χ0n) is 10.3. The molecule has 0 aliphatic heterocycles. The lowest BCUT2D eigenvalue weighted by molar-refractivity contribution is 0.376. The Hall–Kier alpha value is -1.03. The average Bonchev–Trinajstić information content (AvgIpc) is 2.63. The molecule has 18 heavy (non-hydrogen) atoms. The van der Waals surface area contributed by atoms with Gasteiger partial charge in [-0.05, 0) is 36.5 Å². The van der Waals surface area contributed by atoms with E-state index in [-0.39, 0.29) is 5.92 Å². The van der Waals surface area contributed by atoms with Crippen LogP contribution in [0.1, 0.15) is 50.1 Å². The second-order valence-corrected chi connectivity index (χ2v) is 5.08. The fraction of sp³-hybridized carbons (Fsp3) is 0.571. The second kappa shape index (κ2) is 5.74. The van der Waals surface area contributed by atoms with Crippen LogP contribution >= 0.6 is 0 Å². The van der Waals surface area contributed by atoms with E-state index < -0.39 is 23.5 Å². The molecule has 0 aromatic heterocycles. The monoisotopic (exact) mass is 257 g/mol. The van der Waals surface area contributed by atoms with Gasteiger partial charge in [-0.25, -0.2) is 13.2 Å². The Balaban J connectivity index is 2.19. The van der Waals surface area contributed by atoms with Gasteiger partial charge >= 0.3 is 0 Å². The van der Waals surface area contributed by atoms with Crippen LogP contribution in [0.2, 0.25) is 0 Å². The van der Waals surface area contributed by atoms with E-state index in [1.807, 2.05) is 0 Å². The van der Waals surface area contributed by atoms with E-state index in [4.69, 9.17) is 5.73 Å². The molecular formula is C14H18F3N. The van der Waals surface area contributed by atoms with Gasteiger partial charge in [0.1, 0.15) is 0 Å². The summed E-state index contributed by atoms with van der Waals surface area (Å²) in [5.74, 6) is -3.51. The molecule has 0 radical (unpaired) electrons. The van der Waals surface area contributed by atoms with Crippen molar-refractivity contribution >= 4 is 0 Å². The molecule has 1 fully saturated rings. The van der Waals surface area contributed by atoms with Crippen molar-refractivity contribution in [2.45, 2.75) is 44.6 Å². The highest BCUT2D eigenvalue weighted by atomic mass is 19.2. The normalized spacial score (nSPS) is 19.6. The van der Waals surface area contributed by atoms with E-state index in [0.29, 0.717) is 5.56 Å². The third-order valence-corrected chi connectivity index (χ3v) is 3.80. The summed E-state index contributed by atoms with van der Waals surface area (Å²) in [6.45, 7) is 0. The van der Waals surface area contributed by atoms with E-state index in [2.05, 4.69) is 0 Å². The van der Waals surface area contributed by atoms with Crippen LogP contribution in [-0.4, -0.2) is 0 Å². The molecule has 100 valence electrons. The maximum Gasteiger partial charge on any atom is 0.194 e. The van der Waals surface area contributed by atoms with Crippen molar-refractivity contribution in [1.29, 1.82) is 0 Å².